The molecule has 6 heteroatoms. The molecule has 0 atom stereocenters. The molecule has 0 radical (unpaired) electrons. The summed E-state index contributed by atoms with van der Waals surface area (Å²) in [5.74, 6) is 0.207. The summed E-state index contributed by atoms with van der Waals surface area (Å²) >= 11 is 0. The van der Waals surface area contributed by atoms with Crippen LogP contribution < -0.4 is 9.80 Å². The third-order valence-electron chi connectivity index (χ3n) is 2.84. The first kappa shape index (κ1) is 16.7. The van der Waals surface area contributed by atoms with E-state index in [0.717, 1.165) is 11.6 Å². The average molecular weight is 312 g/mol. The number of benzene rings is 1. The molecule has 0 fully saturated rings. The second-order valence-electron chi connectivity index (χ2n) is 4.68. The molecule has 1 aromatic heterocycles. The van der Waals surface area contributed by atoms with Gasteiger partial charge in [0.1, 0.15) is 11.6 Å². The zero-order valence-corrected chi connectivity index (χ0v) is 13.5. The van der Waals surface area contributed by atoms with E-state index < -0.39 is 11.6 Å². The maximum absolute atomic E-state index is 13.9. The summed E-state index contributed by atoms with van der Waals surface area (Å²) < 4.78 is 28.7. The first-order valence-corrected chi connectivity index (χ1v) is 5.86. The van der Waals surface area contributed by atoms with Crippen LogP contribution in [-0.4, -0.2) is 32.8 Å². The number of hydrogen-bond donors (Lipinski definition) is 0. The molecular weight excluding hydrogens is 296 g/mol. The van der Waals surface area contributed by atoms with Crippen molar-refractivity contribution in [1.82, 2.24) is 4.57 Å². The molecule has 1 heterocycles. The molecule has 0 amide bonds. The molecule has 0 saturated carbocycles. The van der Waals surface area contributed by atoms with E-state index in [9.17, 15) is 8.78 Å². The van der Waals surface area contributed by atoms with E-state index in [2.05, 4.69) is 6.07 Å². The van der Waals surface area contributed by atoms with Crippen LogP contribution in [0.1, 0.15) is 0 Å². The summed E-state index contributed by atoms with van der Waals surface area (Å²) in [6, 6.07) is 8.47. The van der Waals surface area contributed by atoms with E-state index in [0.29, 0.717) is 0 Å². The van der Waals surface area contributed by atoms with Gasteiger partial charge in [-0.3, -0.25) is 0 Å². The largest absolute Gasteiger partial charge is 0.365 e. The quantitative estimate of drug-likeness (QED) is 0.638. The zero-order valence-electron chi connectivity index (χ0n) is 11.9. The number of halogens is 2. The summed E-state index contributed by atoms with van der Waals surface area (Å²) in [5.41, 5.74) is 0.277. The molecule has 0 spiro atoms. The molecule has 0 aliphatic heterocycles. The number of aromatic nitrogens is 1. The standard InChI is InChI=1S/C14H16F2N3.Ti/c1-17(2)13-7-8-14(18(3)4)19(13)12-6-5-10(15)9-11(12)16;/h5-8H,1-4H3;/q-1;. The van der Waals surface area contributed by atoms with Crippen LogP contribution in [0.25, 0.3) is 5.69 Å². The van der Waals surface area contributed by atoms with Gasteiger partial charge >= 0.3 is 0 Å². The van der Waals surface area contributed by atoms with Crippen molar-refractivity contribution in [2.45, 2.75) is 0 Å². The second kappa shape index (κ2) is 6.42. The van der Waals surface area contributed by atoms with Gasteiger partial charge in [0, 0.05) is 61.5 Å². The van der Waals surface area contributed by atoms with Crippen molar-refractivity contribution in [1.29, 1.82) is 0 Å². The molecule has 106 valence electrons. The molecule has 0 aliphatic rings. The van der Waals surface area contributed by atoms with Crippen molar-refractivity contribution in [3.63, 3.8) is 0 Å². The molecule has 0 N–H and O–H groups in total. The molecule has 0 bridgehead atoms. The third kappa shape index (κ3) is 3.05. The molecule has 1 aromatic carbocycles. The van der Waals surface area contributed by atoms with Crippen molar-refractivity contribution in [3.8, 4) is 5.69 Å². The van der Waals surface area contributed by atoms with Crippen molar-refractivity contribution in [2.24, 2.45) is 0 Å². The Balaban J connectivity index is 0.00000200. The summed E-state index contributed by atoms with van der Waals surface area (Å²) in [6.07, 6.45) is 0. The fourth-order valence-electron chi connectivity index (χ4n) is 1.97. The zero-order chi connectivity index (χ0) is 14.2. The van der Waals surface area contributed by atoms with Gasteiger partial charge < -0.3 is 14.4 Å². The van der Waals surface area contributed by atoms with E-state index in [-0.39, 0.29) is 27.4 Å². The number of nitrogens with zero attached hydrogens (tertiary/aromatic N) is 3. The van der Waals surface area contributed by atoms with Gasteiger partial charge in [-0.15, -0.1) is 18.2 Å². The predicted molar refractivity (Wildman–Crippen MR) is 73.2 cm³/mol. The Bertz CT molecular complexity index is 569. The van der Waals surface area contributed by atoms with Crippen LogP contribution in [0.2, 0.25) is 0 Å². The van der Waals surface area contributed by atoms with Crippen LogP contribution in [-0.2, 0) is 21.7 Å². The van der Waals surface area contributed by atoms with Gasteiger partial charge in [-0.1, -0.05) is 0 Å². The Morgan fingerprint density at radius 2 is 1.40 bits per heavy atom. The molecule has 0 saturated heterocycles. The Morgan fingerprint density at radius 3 is 1.80 bits per heavy atom. The van der Waals surface area contributed by atoms with E-state index in [1.807, 2.05) is 50.1 Å². The molecule has 2 aromatic rings. The van der Waals surface area contributed by atoms with Gasteiger partial charge in [-0.25, -0.2) is 8.78 Å². The van der Waals surface area contributed by atoms with Crippen LogP contribution in [0.5, 0.6) is 0 Å². The number of rotatable bonds is 3. The van der Waals surface area contributed by atoms with Gasteiger partial charge in [-0.2, -0.15) is 0 Å². The molecule has 3 nitrogen and oxygen atoms in total. The van der Waals surface area contributed by atoms with Crippen LogP contribution >= 0.6 is 0 Å². The fourth-order valence-corrected chi connectivity index (χ4v) is 1.97. The first-order valence-electron chi connectivity index (χ1n) is 5.86. The minimum atomic E-state index is -0.706. The topological polar surface area (TPSA) is 11.4 Å². The molecule has 20 heavy (non-hydrogen) atoms. The summed E-state index contributed by atoms with van der Waals surface area (Å²) in [6.45, 7) is 0. The summed E-state index contributed by atoms with van der Waals surface area (Å²) in [5, 5.41) is 0. The predicted octanol–water partition coefficient (Wildman–Crippen LogP) is 2.69. The molecule has 0 aliphatic carbocycles. The minimum absolute atomic E-state index is 0. The maximum Gasteiger partial charge on any atom is 0.102 e. The van der Waals surface area contributed by atoms with Gasteiger partial charge in [0.25, 0.3) is 0 Å². The van der Waals surface area contributed by atoms with E-state index in [4.69, 9.17) is 0 Å². The van der Waals surface area contributed by atoms with Crippen LogP contribution in [0.3, 0.4) is 0 Å². The van der Waals surface area contributed by atoms with E-state index in [1.54, 1.807) is 4.57 Å². The minimum Gasteiger partial charge on any atom is -0.365 e. The van der Waals surface area contributed by atoms with Gasteiger partial charge in [-0.05, 0) is 17.8 Å². The van der Waals surface area contributed by atoms with Crippen molar-refractivity contribution >= 4 is 11.6 Å². The van der Waals surface area contributed by atoms with Gasteiger partial charge in [0.15, 0.2) is 0 Å². The van der Waals surface area contributed by atoms with E-state index in [1.165, 1.54) is 12.1 Å². The Labute approximate surface area is 132 Å². The normalized spacial score (nSPS) is 10.1. The van der Waals surface area contributed by atoms with Crippen LogP contribution in [0.4, 0.5) is 20.4 Å². The monoisotopic (exact) mass is 312 g/mol. The second-order valence-corrected chi connectivity index (χ2v) is 4.68. The average Bonchev–Trinajstić information content (AvgIpc) is 2.73. The maximum atomic E-state index is 13.9. The Hall–Kier alpha value is -1.33. The third-order valence-corrected chi connectivity index (χ3v) is 2.84. The van der Waals surface area contributed by atoms with Crippen molar-refractivity contribution < 1.29 is 30.5 Å². The summed E-state index contributed by atoms with van der Waals surface area (Å²) in [4.78, 5) is 3.74. The van der Waals surface area contributed by atoms with Crippen molar-refractivity contribution in [2.75, 3.05) is 38.0 Å². The van der Waals surface area contributed by atoms with Crippen LogP contribution in [0.15, 0.2) is 24.3 Å². The molecular formula is C14H16F2N3Ti-. The molecule has 0 unspecified atom stereocenters. The van der Waals surface area contributed by atoms with Crippen LogP contribution in [0, 0.1) is 17.7 Å². The smallest absolute Gasteiger partial charge is 0.102 e. The Morgan fingerprint density at radius 1 is 0.900 bits per heavy atom. The van der Waals surface area contributed by atoms with Gasteiger partial charge in [0.2, 0.25) is 0 Å². The number of hydrogen-bond acceptors (Lipinski definition) is 2. The van der Waals surface area contributed by atoms with E-state index >= 15 is 0 Å². The first-order chi connectivity index (χ1) is 8.91. The summed E-state index contributed by atoms with van der Waals surface area (Å²) in [7, 11) is 7.49. The Kier molecular flexibility index (Phi) is 5.37. The van der Waals surface area contributed by atoms with Gasteiger partial charge in [0.05, 0.1) is 0 Å². The number of anilines is 2. The SMILES string of the molecule is CN(C)c1ccc(N(C)C)n1-c1ccc(F)[c-]c1F.[Ti]. The van der Waals surface area contributed by atoms with Crippen molar-refractivity contribution in [3.05, 3.63) is 42.0 Å². The molecule has 2 rings (SSSR count). The fraction of sp³-hybridized carbons (Fsp3) is 0.286.